The monoisotopic (exact) mass is 776 g/mol. The van der Waals surface area contributed by atoms with Crippen molar-refractivity contribution in [2.45, 2.75) is 41.5 Å². The summed E-state index contributed by atoms with van der Waals surface area (Å²) < 4.78 is 13.3. The Morgan fingerprint density at radius 1 is 0.300 bits per heavy atom. The minimum atomic E-state index is 0.818. The molecule has 0 bridgehead atoms. The van der Waals surface area contributed by atoms with Crippen LogP contribution in [0.4, 0.5) is 34.1 Å². The predicted molar refractivity (Wildman–Crippen MR) is 254 cm³/mol. The zero-order valence-electron chi connectivity index (χ0n) is 34.7. The van der Waals surface area contributed by atoms with Gasteiger partial charge >= 0.3 is 0 Å². The average Bonchev–Trinajstić information content (AvgIpc) is 3.76. The van der Waals surface area contributed by atoms with Crippen molar-refractivity contribution in [2.75, 3.05) is 9.80 Å². The van der Waals surface area contributed by atoms with Crippen LogP contribution in [-0.4, -0.2) is 0 Å². The van der Waals surface area contributed by atoms with E-state index in [0.717, 1.165) is 66.0 Å². The molecule has 0 aliphatic rings. The van der Waals surface area contributed by atoms with Gasteiger partial charge in [0.25, 0.3) is 0 Å². The Morgan fingerprint density at radius 2 is 0.700 bits per heavy atom. The Labute approximate surface area is 349 Å². The number of hydrogen-bond donors (Lipinski definition) is 0. The van der Waals surface area contributed by atoms with Gasteiger partial charge in [-0.15, -0.1) is 0 Å². The summed E-state index contributed by atoms with van der Waals surface area (Å²) >= 11 is 0. The number of para-hydroxylation sites is 2. The first-order valence-corrected chi connectivity index (χ1v) is 20.7. The second-order valence-electron chi connectivity index (χ2n) is 16.6. The molecule has 0 unspecified atom stereocenters. The van der Waals surface area contributed by atoms with Gasteiger partial charge in [0.2, 0.25) is 0 Å². The second-order valence-corrected chi connectivity index (χ2v) is 16.6. The molecular formula is C56H44N2O2. The maximum atomic E-state index is 6.64. The van der Waals surface area contributed by atoms with Crippen LogP contribution in [0.25, 0.3) is 65.4 Å². The largest absolute Gasteiger partial charge is 0.456 e. The highest BCUT2D eigenvalue weighted by Crippen LogP contribution is 2.44. The summed E-state index contributed by atoms with van der Waals surface area (Å²) in [6.07, 6.45) is 0. The lowest BCUT2D eigenvalue weighted by Gasteiger charge is -2.29. The number of aryl methyl sites for hydroxylation is 6. The summed E-state index contributed by atoms with van der Waals surface area (Å²) in [6, 6.07) is 57.3. The van der Waals surface area contributed by atoms with E-state index in [1.807, 2.05) is 0 Å². The van der Waals surface area contributed by atoms with Crippen LogP contribution in [0.2, 0.25) is 0 Å². The molecule has 9 aromatic carbocycles. The average molecular weight is 777 g/mol. The fourth-order valence-corrected chi connectivity index (χ4v) is 9.34. The molecule has 290 valence electrons. The zero-order chi connectivity index (χ0) is 40.8. The molecule has 0 saturated heterocycles. The third kappa shape index (κ3) is 5.82. The van der Waals surface area contributed by atoms with Crippen molar-refractivity contribution in [3.63, 3.8) is 0 Å². The Kier molecular flexibility index (Phi) is 8.15. The first kappa shape index (κ1) is 35.8. The lowest BCUT2D eigenvalue weighted by Crippen LogP contribution is -2.12. The number of hydrogen-bond acceptors (Lipinski definition) is 4. The molecule has 4 heteroatoms. The Hall–Kier alpha value is -7.30. The number of fused-ring (bicyclic) bond motifs is 8. The molecule has 0 atom stereocenters. The zero-order valence-corrected chi connectivity index (χ0v) is 34.7. The molecule has 0 aliphatic carbocycles. The highest BCUT2D eigenvalue weighted by molar-refractivity contribution is 6.18. The molecule has 60 heavy (non-hydrogen) atoms. The van der Waals surface area contributed by atoms with Gasteiger partial charge in [-0.1, -0.05) is 83.9 Å². The molecule has 0 spiro atoms. The summed E-state index contributed by atoms with van der Waals surface area (Å²) in [6.45, 7) is 13.0. The van der Waals surface area contributed by atoms with Gasteiger partial charge < -0.3 is 18.6 Å². The number of furan rings is 2. The van der Waals surface area contributed by atoms with Crippen LogP contribution in [0, 0.1) is 41.5 Å². The number of anilines is 6. The van der Waals surface area contributed by atoms with Gasteiger partial charge in [0.15, 0.2) is 0 Å². The van der Waals surface area contributed by atoms with Crippen LogP contribution >= 0.6 is 0 Å². The van der Waals surface area contributed by atoms with E-state index in [2.05, 4.69) is 209 Å². The Bertz CT molecular complexity index is 3300. The summed E-state index contributed by atoms with van der Waals surface area (Å²) in [4.78, 5) is 4.75. The van der Waals surface area contributed by atoms with Gasteiger partial charge in [-0.25, -0.2) is 0 Å². The van der Waals surface area contributed by atoms with Crippen LogP contribution in [0.15, 0.2) is 167 Å². The molecule has 2 heterocycles. The quantitative estimate of drug-likeness (QED) is 0.168. The van der Waals surface area contributed by atoms with Gasteiger partial charge in [0.05, 0.1) is 0 Å². The SMILES string of the molecule is Cc1ccc(N(c2ccc3cc4c(cc3c2)oc2cc3oc5cc6cc(N(c7ccccc7C)c7ccc(C)cc7C)ccc6cc5c3cc24)c2ccccc2C)c(C)c1. The van der Waals surface area contributed by atoms with Crippen molar-refractivity contribution >= 4 is 99.5 Å². The van der Waals surface area contributed by atoms with Gasteiger partial charge in [0, 0.05) is 61.7 Å². The van der Waals surface area contributed by atoms with E-state index in [9.17, 15) is 0 Å². The van der Waals surface area contributed by atoms with E-state index in [1.54, 1.807) is 0 Å². The second kappa shape index (κ2) is 13.6. The first-order valence-electron chi connectivity index (χ1n) is 20.7. The summed E-state index contributed by atoms with van der Waals surface area (Å²) in [5, 5.41) is 8.94. The van der Waals surface area contributed by atoms with E-state index >= 15 is 0 Å². The molecule has 0 fully saturated rings. The van der Waals surface area contributed by atoms with E-state index in [0.29, 0.717) is 0 Å². The van der Waals surface area contributed by atoms with E-state index in [-0.39, 0.29) is 0 Å². The third-order valence-corrected chi connectivity index (χ3v) is 12.4. The number of rotatable bonds is 6. The first-order chi connectivity index (χ1) is 29.2. The molecule has 0 aliphatic heterocycles. The molecule has 2 aromatic heterocycles. The van der Waals surface area contributed by atoms with Gasteiger partial charge in [-0.3, -0.25) is 0 Å². The fourth-order valence-electron chi connectivity index (χ4n) is 9.34. The van der Waals surface area contributed by atoms with Crippen molar-refractivity contribution < 1.29 is 8.83 Å². The molecule has 0 radical (unpaired) electrons. The summed E-state index contributed by atoms with van der Waals surface area (Å²) in [7, 11) is 0. The van der Waals surface area contributed by atoms with Crippen molar-refractivity contribution in [1.82, 2.24) is 0 Å². The lowest BCUT2D eigenvalue weighted by atomic mass is 10.0. The maximum Gasteiger partial charge on any atom is 0.139 e. The molecule has 0 amide bonds. The summed E-state index contributed by atoms with van der Waals surface area (Å²) in [5.74, 6) is 0. The Morgan fingerprint density at radius 3 is 1.13 bits per heavy atom. The van der Waals surface area contributed by atoms with Crippen LogP contribution in [0.3, 0.4) is 0 Å². The lowest BCUT2D eigenvalue weighted by molar-refractivity contribution is 0.656. The molecule has 11 aromatic rings. The van der Waals surface area contributed by atoms with E-state index in [4.69, 9.17) is 8.83 Å². The smallest absolute Gasteiger partial charge is 0.139 e. The Balaban J connectivity index is 1.01. The van der Waals surface area contributed by atoms with Crippen LogP contribution in [-0.2, 0) is 0 Å². The standard InChI is InChI=1S/C56H44N2O2/c1-33-15-21-51(37(5)23-33)57(49-13-9-7-11-35(49)3)43-19-17-39-27-45-47-31-48-46-28-40-18-20-44(58(50-14-10-8-12-36(50)4)52-22-16-34(2)24-38(52)6)26-42(40)30-54(46)60-56(48)32-55(47)59-53(45)29-41(39)25-43/h7-32H,1-6H3. The van der Waals surface area contributed by atoms with Crippen molar-refractivity contribution in [3.8, 4) is 0 Å². The van der Waals surface area contributed by atoms with Crippen molar-refractivity contribution in [1.29, 1.82) is 0 Å². The van der Waals surface area contributed by atoms with Gasteiger partial charge in [-0.2, -0.15) is 0 Å². The maximum absolute atomic E-state index is 6.64. The van der Waals surface area contributed by atoms with Crippen molar-refractivity contribution in [3.05, 3.63) is 191 Å². The van der Waals surface area contributed by atoms with Crippen LogP contribution in [0.1, 0.15) is 33.4 Å². The fraction of sp³-hybridized carbons (Fsp3) is 0.107. The molecular weight excluding hydrogens is 733 g/mol. The molecule has 0 N–H and O–H groups in total. The van der Waals surface area contributed by atoms with E-state index in [1.165, 1.54) is 66.9 Å². The van der Waals surface area contributed by atoms with Gasteiger partial charge in [0.1, 0.15) is 22.3 Å². The predicted octanol–water partition coefficient (Wildman–Crippen LogP) is 16.6. The van der Waals surface area contributed by atoms with E-state index < -0.39 is 0 Å². The summed E-state index contributed by atoms with van der Waals surface area (Å²) in [5.41, 5.74) is 17.7. The highest BCUT2D eigenvalue weighted by atomic mass is 16.3. The van der Waals surface area contributed by atoms with Crippen LogP contribution < -0.4 is 9.80 Å². The molecule has 11 rings (SSSR count). The minimum Gasteiger partial charge on any atom is -0.456 e. The molecule has 4 nitrogen and oxygen atoms in total. The van der Waals surface area contributed by atoms with Gasteiger partial charge in [-0.05, 0) is 164 Å². The normalized spacial score (nSPS) is 11.8. The third-order valence-electron chi connectivity index (χ3n) is 12.4. The molecule has 0 saturated carbocycles. The minimum absolute atomic E-state index is 0.818. The topological polar surface area (TPSA) is 32.8 Å². The van der Waals surface area contributed by atoms with Crippen LogP contribution in [0.5, 0.6) is 0 Å². The number of benzene rings is 9. The highest BCUT2D eigenvalue weighted by Gasteiger charge is 2.21. The van der Waals surface area contributed by atoms with Crippen molar-refractivity contribution in [2.24, 2.45) is 0 Å². The number of nitrogens with zero attached hydrogens (tertiary/aromatic N) is 2.